The molecule has 1 aromatic heterocycles. The Bertz CT molecular complexity index is 1010. The smallest absolute Gasteiger partial charge is 0.261 e. The number of aryl methyl sites for hydroxylation is 1. The molecule has 3 aromatic rings. The molecule has 0 saturated heterocycles. The number of hydrogen-bond acceptors (Lipinski definition) is 3. The number of carbonyl (C=O) groups is 1. The number of nitrogens with zero attached hydrogens (tertiary/aromatic N) is 2. The number of aromatic nitrogens is 2. The topological polar surface area (TPSA) is 64.0 Å². The fraction of sp³-hybridized carbons (Fsp3) is 0.286. The van der Waals surface area contributed by atoms with Crippen LogP contribution in [0.25, 0.3) is 10.9 Å². The zero-order valence-corrected chi connectivity index (χ0v) is 14.5. The summed E-state index contributed by atoms with van der Waals surface area (Å²) >= 11 is 0. The molecule has 1 aliphatic rings. The Balaban J connectivity index is 1.44. The van der Waals surface area contributed by atoms with Crippen LogP contribution in [0.5, 0.6) is 0 Å². The molecule has 1 aliphatic carbocycles. The van der Waals surface area contributed by atoms with E-state index in [0.717, 1.165) is 19.3 Å². The number of nitrogens with one attached hydrogen (secondary N) is 1. The van der Waals surface area contributed by atoms with Gasteiger partial charge in [0.1, 0.15) is 6.54 Å². The lowest BCUT2D eigenvalue weighted by molar-refractivity contribution is -0.121. The van der Waals surface area contributed by atoms with Crippen LogP contribution in [-0.2, 0) is 17.8 Å². The Morgan fingerprint density at radius 3 is 2.88 bits per heavy atom. The first-order chi connectivity index (χ1) is 12.7. The van der Waals surface area contributed by atoms with Gasteiger partial charge in [0.25, 0.3) is 5.56 Å². The van der Waals surface area contributed by atoms with E-state index in [0.29, 0.717) is 23.4 Å². The first-order valence-electron chi connectivity index (χ1n) is 9.01. The summed E-state index contributed by atoms with van der Waals surface area (Å²) in [7, 11) is 0. The van der Waals surface area contributed by atoms with Crippen LogP contribution in [0, 0.1) is 0 Å². The van der Waals surface area contributed by atoms with Crippen molar-refractivity contribution in [1.29, 1.82) is 0 Å². The average Bonchev–Trinajstić information content (AvgIpc) is 2.69. The fourth-order valence-electron chi connectivity index (χ4n) is 3.73. The SMILES string of the molecule is O=C(Cn1cnc2ccccc2c1=O)NCC1CCCc2ccccc21. The zero-order chi connectivity index (χ0) is 17.9. The third-order valence-electron chi connectivity index (χ3n) is 5.08. The predicted octanol–water partition coefficient (Wildman–Crippen LogP) is 2.63. The van der Waals surface area contributed by atoms with Crippen LogP contribution in [0.4, 0.5) is 0 Å². The first kappa shape index (κ1) is 16.5. The summed E-state index contributed by atoms with van der Waals surface area (Å²) in [6.07, 6.45) is 4.78. The highest BCUT2D eigenvalue weighted by molar-refractivity contribution is 5.78. The number of carbonyl (C=O) groups excluding carboxylic acids is 1. The molecule has 1 heterocycles. The van der Waals surface area contributed by atoms with Crippen LogP contribution in [0.1, 0.15) is 29.9 Å². The highest BCUT2D eigenvalue weighted by atomic mass is 16.2. The summed E-state index contributed by atoms with van der Waals surface area (Å²) in [6, 6.07) is 15.6. The van der Waals surface area contributed by atoms with Crippen molar-refractivity contribution in [2.24, 2.45) is 0 Å². The summed E-state index contributed by atoms with van der Waals surface area (Å²) < 4.78 is 1.37. The van der Waals surface area contributed by atoms with E-state index in [2.05, 4.69) is 34.6 Å². The van der Waals surface area contributed by atoms with Crippen LogP contribution in [-0.4, -0.2) is 22.0 Å². The number of amides is 1. The lowest BCUT2D eigenvalue weighted by Gasteiger charge is -2.25. The van der Waals surface area contributed by atoms with Gasteiger partial charge in [0.15, 0.2) is 0 Å². The average molecular weight is 347 g/mol. The number of rotatable bonds is 4. The predicted molar refractivity (Wildman–Crippen MR) is 101 cm³/mol. The summed E-state index contributed by atoms with van der Waals surface area (Å²) in [4.78, 5) is 29.1. The lowest BCUT2D eigenvalue weighted by atomic mass is 9.83. The maximum atomic E-state index is 12.5. The number of benzene rings is 2. The zero-order valence-electron chi connectivity index (χ0n) is 14.5. The normalized spacial score (nSPS) is 16.2. The maximum Gasteiger partial charge on any atom is 0.261 e. The molecule has 1 atom stereocenters. The van der Waals surface area contributed by atoms with Gasteiger partial charge in [-0.2, -0.15) is 0 Å². The van der Waals surface area contributed by atoms with Crippen molar-refractivity contribution < 1.29 is 4.79 Å². The van der Waals surface area contributed by atoms with Crippen molar-refractivity contribution in [1.82, 2.24) is 14.9 Å². The monoisotopic (exact) mass is 347 g/mol. The molecule has 132 valence electrons. The maximum absolute atomic E-state index is 12.5. The van der Waals surface area contributed by atoms with Gasteiger partial charge in [-0.25, -0.2) is 4.98 Å². The van der Waals surface area contributed by atoms with E-state index in [1.54, 1.807) is 18.2 Å². The second kappa shape index (κ2) is 7.12. The third kappa shape index (κ3) is 3.25. The van der Waals surface area contributed by atoms with Crippen LogP contribution in [0.2, 0.25) is 0 Å². The standard InChI is InChI=1S/C21H21N3O2/c25-20(13-24-14-23-19-11-4-3-10-18(19)21(24)26)22-12-16-8-5-7-15-6-1-2-9-17(15)16/h1-4,6,9-11,14,16H,5,7-8,12-13H2,(H,22,25). The molecule has 0 saturated carbocycles. The molecule has 2 aromatic carbocycles. The van der Waals surface area contributed by atoms with Crippen molar-refractivity contribution in [3.8, 4) is 0 Å². The van der Waals surface area contributed by atoms with Crippen molar-refractivity contribution >= 4 is 16.8 Å². The summed E-state index contributed by atoms with van der Waals surface area (Å²) in [6.45, 7) is 0.594. The summed E-state index contributed by atoms with van der Waals surface area (Å²) in [5.41, 5.74) is 3.18. The number of fused-ring (bicyclic) bond motifs is 2. The van der Waals surface area contributed by atoms with Crippen molar-refractivity contribution in [2.75, 3.05) is 6.54 Å². The minimum atomic E-state index is -0.186. The van der Waals surface area contributed by atoms with E-state index in [9.17, 15) is 9.59 Å². The highest BCUT2D eigenvalue weighted by Gasteiger charge is 2.20. The third-order valence-corrected chi connectivity index (χ3v) is 5.08. The van der Waals surface area contributed by atoms with Gasteiger partial charge in [0, 0.05) is 12.5 Å². The van der Waals surface area contributed by atoms with Crippen LogP contribution < -0.4 is 10.9 Å². The van der Waals surface area contributed by atoms with E-state index >= 15 is 0 Å². The van der Waals surface area contributed by atoms with E-state index in [4.69, 9.17) is 0 Å². The van der Waals surface area contributed by atoms with Crippen LogP contribution in [0.3, 0.4) is 0 Å². The van der Waals surface area contributed by atoms with Crippen molar-refractivity contribution in [3.05, 3.63) is 76.3 Å². The Hall–Kier alpha value is -2.95. The van der Waals surface area contributed by atoms with Gasteiger partial charge in [-0.15, -0.1) is 0 Å². The van der Waals surface area contributed by atoms with E-state index in [1.165, 1.54) is 22.0 Å². The molecule has 26 heavy (non-hydrogen) atoms. The van der Waals surface area contributed by atoms with E-state index in [-0.39, 0.29) is 18.0 Å². The van der Waals surface area contributed by atoms with Crippen molar-refractivity contribution in [2.45, 2.75) is 31.7 Å². The fourth-order valence-corrected chi connectivity index (χ4v) is 3.73. The van der Waals surface area contributed by atoms with Gasteiger partial charge in [-0.05, 0) is 42.5 Å². The minimum Gasteiger partial charge on any atom is -0.354 e. The van der Waals surface area contributed by atoms with Crippen LogP contribution in [0.15, 0.2) is 59.7 Å². The highest BCUT2D eigenvalue weighted by Crippen LogP contribution is 2.30. The van der Waals surface area contributed by atoms with Gasteiger partial charge in [-0.3, -0.25) is 14.2 Å². The Kier molecular flexibility index (Phi) is 4.52. The van der Waals surface area contributed by atoms with E-state index in [1.807, 2.05) is 6.07 Å². The molecule has 5 nitrogen and oxygen atoms in total. The quantitative estimate of drug-likeness (QED) is 0.789. The second-order valence-electron chi connectivity index (χ2n) is 6.79. The second-order valence-corrected chi connectivity index (χ2v) is 6.79. The Labute approximate surface area is 151 Å². The molecule has 0 bridgehead atoms. The van der Waals surface area contributed by atoms with Gasteiger partial charge >= 0.3 is 0 Å². The number of hydrogen-bond donors (Lipinski definition) is 1. The van der Waals surface area contributed by atoms with Gasteiger partial charge in [0.2, 0.25) is 5.91 Å². The molecule has 0 spiro atoms. The molecular formula is C21H21N3O2. The van der Waals surface area contributed by atoms with E-state index < -0.39 is 0 Å². The lowest BCUT2D eigenvalue weighted by Crippen LogP contribution is -2.35. The summed E-state index contributed by atoms with van der Waals surface area (Å²) in [5, 5.41) is 3.52. The van der Waals surface area contributed by atoms with Crippen LogP contribution >= 0.6 is 0 Å². The molecule has 1 N–H and O–H groups in total. The molecular weight excluding hydrogens is 326 g/mol. The molecule has 0 aliphatic heterocycles. The number of para-hydroxylation sites is 1. The van der Waals surface area contributed by atoms with Gasteiger partial charge in [-0.1, -0.05) is 36.4 Å². The van der Waals surface area contributed by atoms with Gasteiger partial charge in [0.05, 0.1) is 17.2 Å². The molecule has 1 amide bonds. The minimum absolute atomic E-state index is 0.00889. The largest absolute Gasteiger partial charge is 0.354 e. The van der Waals surface area contributed by atoms with Gasteiger partial charge < -0.3 is 5.32 Å². The molecule has 4 rings (SSSR count). The molecule has 1 unspecified atom stereocenters. The first-order valence-corrected chi connectivity index (χ1v) is 9.01. The molecule has 0 fully saturated rings. The Morgan fingerprint density at radius 2 is 1.96 bits per heavy atom. The summed E-state index contributed by atoms with van der Waals surface area (Å²) in [5.74, 6) is 0.183. The molecule has 0 radical (unpaired) electrons. The molecule has 5 heteroatoms. The van der Waals surface area contributed by atoms with Crippen molar-refractivity contribution in [3.63, 3.8) is 0 Å². The Morgan fingerprint density at radius 1 is 1.15 bits per heavy atom.